The van der Waals surface area contributed by atoms with Gasteiger partial charge < -0.3 is 15.2 Å². The highest BCUT2D eigenvalue weighted by molar-refractivity contribution is 5.95. The number of carbonyl (C=O) groups is 1. The van der Waals surface area contributed by atoms with E-state index in [2.05, 4.69) is 0 Å². The Morgan fingerprint density at radius 3 is 2.93 bits per heavy atom. The molecule has 1 fully saturated rings. The van der Waals surface area contributed by atoms with E-state index in [1.807, 2.05) is 6.07 Å². The average Bonchev–Trinajstić information content (AvgIpc) is 2.71. The predicted molar refractivity (Wildman–Crippen MR) is 54.8 cm³/mol. The van der Waals surface area contributed by atoms with Crippen LogP contribution in [0.15, 0.2) is 24.3 Å². The lowest BCUT2D eigenvalue weighted by Crippen LogP contribution is -2.19. The number of hydrogen-bond acceptors (Lipinski definition) is 3. The Labute approximate surface area is 88.0 Å². The summed E-state index contributed by atoms with van der Waals surface area (Å²) >= 11 is 0. The zero-order valence-corrected chi connectivity index (χ0v) is 8.31. The molecule has 0 saturated carbocycles. The van der Waals surface area contributed by atoms with Crippen LogP contribution >= 0.6 is 0 Å². The van der Waals surface area contributed by atoms with Crippen molar-refractivity contribution in [3.63, 3.8) is 0 Å². The number of para-hydroxylation sites is 1. The normalized spacial score (nSPS) is 20.1. The topological polar surface area (TPSA) is 61.6 Å². The van der Waals surface area contributed by atoms with Gasteiger partial charge in [0.05, 0.1) is 18.8 Å². The fourth-order valence-electron chi connectivity index (χ4n) is 1.56. The molecule has 1 saturated heterocycles. The van der Waals surface area contributed by atoms with Gasteiger partial charge in [0.2, 0.25) is 0 Å². The molecular formula is C11H13NO3. The van der Waals surface area contributed by atoms with Crippen LogP contribution in [0.4, 0.5) is 0 Å². The number of ether oxygens (including phenoxy) is 2. The first-order chi connectivity index (χ1) is 7.27. The van der Waals surface area contributed by atoms with Crippen LogP contribution in [0.5, 0.6) is 5.75 Å². The highest BCUT2D eigenvalue weighted by Gasteiger charge is 2.19. The monoisotopic (exact) mass is 207 g/mol. The van der Waals surface area contributed by atoms with E-state index in [4.69, 9.17) is 15.2 Å². The fraction of sp³-hybridized carbons (Fsp3) is 0.364. The van der Waals surface area contributed by atoms with Gasteiger partial charge in [-0.05, 0) is 12.1 Å². The van der Waals surface area contributed by atoms with Crippen molar-refractivity contribution < 1.29 is 14.3 Å². The van der Waals surface area contributed by atoms with Gasteiger partial charge in [-0.2, -0.15) is 0 Å². The van der Waals surface area contributed by atoms with E-state index in [-0.39, 0.29) is 6.10 Å². The zero-order valence-electron chi connectivity index (χ0n) is 8.31. The Bertz CT molecular complexity index is 359. The Morgan fingerprint density at radius 2 is 2.27 bits per heavy atom. The summed E-state index contributed by atoms with van der Waals surface area (Å²) < 4.78 is 10.8. The maximum atomic E-state index is 11.1. The van der Waals surface area contributed by atoms with E-state index < -0.39 is 5.91 Å². The minimum atomic E-state index is -0.468. The van der Waals surface area contributed by atoms with Gasteiger partial charge in [0.25, 0.3) is 5.91 Å². The third-order valence-electron chi connectivity index (χ3n) is 2.33. The van der Waals surface area contributed by atoms with Gasteiger partial charge in [-0.1, -0.05) is 12.1 Å². The maximum absolute atomic E-state index is 11.1. The molecule has 1 aromatic carbocycles. The van der Waals surface area contributed by atoms with Gasteiger partial charge in [-0.25, -0.2) is 0 Å². The van der Waals surface area contributed by atoms with Crippen molar-refractivity contribution >= 4 is 5.91 Å². The van der Waals surface area contributed by atoms with Gasteiger partial charge in [-0.15, -0.1) is 0 Å². The number of rotatable bonds is 3. The molecular weight excluding hydrogens is 194 g/mol. The van der Waals surface area contributed by atoms with Gasteiger partial charge >= 0.3 is 0 Å². The van der Waals surface area contributed by atoms with Gasteiger partial charge in [-0.3, -0.25) is 4.79 Å². The van der Waals surface area contributed by atoms with Crippen molar-refractivity contribution in [2.24, 2.45) is 5.73 Å². The lowest BCUT2D eigenvalue weighted by molar-refractivity contribution is 0.0989. The first-order valence-electron chi connectivity index (χ1n) is 4.90. The second kappa shape index (κ2) is 4.31. The molecule has 0 bridgehead atoms. The lowest BCUT2D eigenvalue weighted by atomic mass is 10.2. The molecule has 0 radical (unpaired) electrons. The minimum Gasteiger partial charge on any atom is -0.487 e. The van der Waals surface area contributed by atoms with Crippen molar-refractivity contribution in [2.75, 3.05) is 13.2 Å². The van der Waals surface area contributed by atoms with Crippen LogP contribution in [0, 0.1) is 0 Å². The summed E-state index contributed by atoms with van der Waals surface area (Å²) in [5.74, 6) is 0.0741. The van der Waals surface area contributed by atoms with E-state index in [9.17, 15) is 4.79 Å². The molecule has 1 aliphatic rings. The molecule has 4 heteroatoms. The quantitative estimate of drug-likeness (QED) is 0.802. The molecule has 1 aromatic rings. The summed E-state index contributed by atoms with van der Waals surface area (Å²) in [5, 5.41) is 0. The van der Waals surface area contributed by atoms with Crippen molar-refractivity contribution in [3.8, 4) is 5.75 Å². The molecule has 0 aliphatic carbocycles. The van der Waals surface area contributed by atoms with Crippen molar-refractivity contribution in [1.29, 1.82) is 0 Å². The number of primary amides is 1. The second-order valence-electron chi connectivity index (χ2n) is 3.46. The third-order valence-corrected chi connectivity index (χ3v) is 2.33. The van der Waals surface area contributed by atoms with Crippen LogP contribution in [0.3, 0.4) is 0 Å². The van der Waals surface area contributed by atoms with Crippen molar-refractivity contribution in [2.45, 2.75) is 12.5 Å². The maximum Gasteiger partial charge on any atom is 0.252 e. The number of nitrogens with two attached hydrogens (primary N) is 1. The van der Waals surface area contributed by atoms with E-state index in [1.54, 1.807) is 18.2 Å². The molecule has 2 rings (SSSR count). The predicted octanol–water partition coefficient (Wildman–Crippen LogP) is 0.953. The first kappa shape index (κ1) is 9.98. The number of amides is 1. The number of benzene rings is 1. The summed E-state index contributed by atoms with van der Waals surface area (Å²) in [6, 6.07) is 6.99. The third kappa shape index (κ3) is 2.27. The van der Waals surface area contributed by atoms with E-state index in [1.165, 1.54) is 0 Å². The van der Waals surface area contributed by atoms with E-state index >= 15 is 0 Å². The fourth-order valence-corrected chi connectivity index (χ4v) is 1.56. The molecule has 1 heterocycles. The zero-order chi connectivity index (χ0) is 10.7. The van der Waals surface area contributed by atoms with Crippen LogP contribution in [0.2, 0.25) is 0 Å². The summed E-state index contributed by atoms with van der Waals surface area (Å²) in [4.78, 5) is 11.1. The summed E-state index contributed by atoms with van der Waals surface area (Å²) in [6.45, 7) is 1.29. The molecule has 1 atom stereocenters. The van der Waals surface area contributed by atoms with Crippen LogP contribution in [-0.2, 0) is 4.74 Å². The lowest BCUT2D eigenvalue weighted by Gasteiger charge is -2.13. The highest BCUT2D eigenvalue weighted by Crippen LogP contribution is 2.21. The molecule has 4 nitrogen and oxygen atoms in total. The molecule has 1 amide bonds. The van der Waals surface area contributed by atoms with Crippen molar-refractivity contribution in [1.82, 2.24) is 0 Å². The summed E-state index contributed by atoms with van der Waals surface area (Å²) in [7, 11) is 0. The van der Waals surface area contributed by atoms with Crippen LogP contribution < -0.4 is 10.5 Å². The summed E-state index contributed by atoms with van der Waals surface area (Å²) in [6.07, 6.45) is 0.887. The van der Waals surface area contributed by atoms with Crippen LogP contribution in [0.1, 0.15) is 16.8 Å². The minimum absolute atomic E-state index is 0.0329. The second-order valence-corrected chi connectivity index (χ2v) is 3.46. The Morgan fingerprint density at radius 1 is 1.47 bits per heavy atom. The molecule has 1 unspecified atom stereocenters. The van der Waals surface area contributed by atoms with Crippen LogP contribution in [0.25, 0.3) is 0 Å². The Kier molecular flexibility index (Phi) is 2.87. The molecule has 0 aromatic heterocycles. The number of hydrogen-bond donors (Lipinski definition) is 1. The average molecular weight is 207 g/mol. The molecule has 15 heavy (non-hydrogen) atoms. The Balaban J connectivity index is 2.15. The molecule has 1 aliphatic heterocycles. The Hall–Kier alpha value is -1.55. The van der Waals surface area contributed by atoms with E-state index in [0.29, 0.717) is 24.5 Å². The SMILES string of the molecule is NC(=O)c1ccccc1OC1CCOC1. The first-order valence-corrected chi connectivity index (χ1v) is 4.90. The standard InChI is InChI=1S/C11H13NO3/c12-11(13)9-3-1-2-4-10(9)15-8-5-6-14-7-8/h1-4,8H,5-7H2,(H2,12,13). The van der Waals surface area contributed by atoms with Gasteiger partial charge in [0.1, 0.15) is 11.9 Å². The molecule has 2 N–H and O–H groups in total. The number of carbonyl (C=O) groups excluding carboxylic acids is 1. The highest BCUT2D eigenvalue weighted by atomic mass is 16.5. The van der Waals surface area contributed by atoms with Gasteiger partial charge in [0.15, 0.2) is 0 Å². The summed E-state index contributed by atoms with van der Waals surface area (Å²) in [5.41, 5.74) is 5.66. The smallest absolute Gasteiger partial charge is 0.252 e. The largest absolute Gasteiger partial charge is 0.487 e. The molecule has 0 spiro atoms. The van der Waals surface area contributed by atoms with Crippen molar-refractivity contribution in [3.05, 3.63) is 29.8 Å². The van der Waals surface area contributed by atoms with E-state index in [0.717, 1.165) is 6.42 Å². The van der Waals surface area contributed by atoms with Crippen LogP contribution in [-0.4, -0.2) is 25.2 Å². The van der Waals surface area contributed by atoms with Gasteiger partial charge in [0, 0.05) is 6.42 Å². The molecule has 80 valence electrons.